The van der Waals surface area contributed by atoms with E-state index in [0.29, 0.717) is 15.1 Å². The number of hydrogen-bond acceptors (Lipinski definition) is 3. The molecule has 1 aromatic heterocycles. The van der Waals surface area contributed by atoms with Gasteiger partial charge in [0.1, 0.15) is 9.39 Å². The normalized spacial score (nSPS) is 10.3. The number of anilines is 2. The number of nitrogens with one attached hydrogen (secondary N) is 1. The van der Waals surface area contributed by atoms with Crippen LogP contribution < -0.4 is 10.5 Å². The SMILES string of the molecule is CN(c1ccccc1F)c1nc[nH]c(=O)c1I. The van der Waals surface area contributed by atoms with Gasteiger partial charge in [-0.1, -0.05) is 12.1 Å². The first kappa shape index (κ1) is 12.0. The first-order valence-corrected chi connectivity index (χ1v) is 5.90. The molecular weight excluding hydrogens is 336 g/mol. The lowest BCUT2D eigenvalue weighted by atomic mass is 10.3. The van der Waals surface area contributed by atoms with E-state index in [1.54, 1.807) is 30.1 Å². The van der Waals surface area contributed by atoms with Crippen LogP contribution in [0.2, 0.25) is 0 Å². The molecule has 17 heavy (non-hydrogen) atoms. The Balaban J connectivity index is 2.52. The van der Waals surface area contributed by atoms with Crippen molar-refractivity contribution in [3.8, 4) is 0 Å². The molecule has 0 aliphatic rings. The molecule has 0 saturated carbocycles. The molecule has 1 heterocycles. The highest BCUT2D eigenvalue weighted by atomic mass is 127. The van der Waals surface area contributed by atoms with Gasteiger partial charge in [0, 0.05) is 7.05 Å². The van der Waals surface area contributed by atoms with Crippen LogP contribution in [0.15, 0.2) is 35.4 Å². The molecule has 0 spiro atoms. The van der Waals surface area contributed by atoms with E-state index < -0.39 is 0 Å². The quantitative estimate of drug-likeness (QED) is 0.850. The van der Waals surface area contributed by atoms with Crippen molar-refractivity contribution in [3.05, 3.63) is 50.3 Å². The number of aromatic nitrogens is 2. The lowest BCUT2D eigenvalue weighted by Gasteiger charge is -2.19. The molecule has 1 N–H and O–H groups in total. The van der Waals surface area contributed by atoms with Gasteiger partial charge in [0.15, 0.2) is 5.82 Å². The Bertz CT molecular complexity index is 599. The Kier molecular flexibility index (Phi) is 3.41. The van der Waals surface area contributed by atoms with Gasteiger partial charge < -0.3 is 9.88 Å². The van der Waals surface area contributed by atoms with Crippen molar-refractivity contribution < 1.29 is 4.39 Å². The summed E-state index contributed by atoms with van der Waals surface area (Å²) in [4.78, 5) is 19.5. The van der Waals surface area contributed by atoms with Crippen LogP contribution in [-0.2, 0) is 0 Å². The predicted molar refractivity (Wildman–Crippen MR) is 72.0 cm³/mol. The summed E-state index contributed by atoms with van der Waals surface area (Å²) in [5.74, 6) is 0.0762. The molecule has 6 heteroatoms. The first-order chi connectivity index (χ1) is 8.11. The van der Waals surface area contributed by atoms with Crippen molar-refractivity contribution in [2.24, 2.45) is 0 Å². The van der Waals surface area contributed by atoms with Crippen molar-refractivity contribution in [2.45, 2.75) is 0 Å². The monoisotopic (exact) mass is 345 g/mol. The highest BCUT2D eigenvalue weighted by Gasteiger charge is 2.14. The molecule has 0 unspecified atom stereocenters. The Morgan fingerprint density at radius 2 is 2.12 bits per heavy atom. The number of rotatable bonds is 2. The van der Waals surface area contributed by atoms with Gasteiger partial charge in [0.25, 0.3) is 5.56 Å². The van der Waals surface area contributed by atoms with Gasteiger partial charge in [-0.2, -0.15) is 0 Å². The predicted octanol–water partition coefficient (Wildman–Crippen LogP) is 2.28. The smallest absolute Gasteiger partial charge is 0.266 e. The Morgan fingerprint density at radius 3 is 2.82 bits per heavy atom. The number of halogens is 2. The average molecular weight is 345 g/mol. The molecule has 88 valence electrons. The second kappa shape index (κ2) is 4.82. The minimum Gasteiger partial charge on any atom is -0.326 e. The molecule has 0 radical (unpaired) electrons. The lowest BCUT2D eigenvalue weighted by Crippen LogP contribution is -2.20. The first-order valence-electron chi connectivity index (χ1n) is 4.82. The standard InChI is InChI=1S/C11H9FIN3O/c1-16(8-5-3-2-4-7(8)12)10-9(13)11(17)15-6-14-10/h2-6H,1H3,(H,14,15,17). The van der Waals surface area contributed by atoms with E-state index in [-0.39, 0.29) is 11.4 Å². The molecule has 4 nitrogen and oxygen atoms in total. The highest BCUT2D eigenvalue weighted by Crippen LogP contribution is 2.25. The topological polar surface area (TPSA) is 49.0 Å². The molecule has 0 bridgehead atoms. The van der Waals surface area contributed by atoms with Gasteiger partial charge in [0.05, 0.1) is 12.0 Å². The molecule has 0 saturated heterocycles. The lowest BCUT2D eigenvalue weighted by molar-refractivity contribution is 0.627. The van der Waals surface area contributed by atoms with Gasteiger partial charge in [-0.15, -0.1) is 0 Å². The van der Waals surface area contributed by atoms with Crippen molar-refractivity contribution in [1.82, 2.24) is 9.97 Å². The summed E-state index contributed by atoms with van der Waals surface area (Å²) in [6.45, 7) is 0. The molecule has 0 atom stereocenters. The highest BCUT2D eigenvalue weighted by molar-refractivity contribution is 14.1. The fraction of sp³-hybridized carbons (Fsp3) is 0.0909. The molecule has 2 rings (SSSR count). The number of H-pyrrole nitrogens is 1. The van der Waals surface area contributed by atoms with Crippen LogP contribution in [0.5, 0.6) is 0 Å². The molecule has 0 amide bonds. The Labute approximate surface area is 111 Å². The van der Waals surface area contributed by atoms with E-state index in [0.717, 1.165) is 0 Å². The second-order valence-electron chi connectivity index (χ2n) is 3.38. The maximum Gasteiger partial charge on any atom is 0.266 e. The van der Waals surface area contributed by atoms with Crippen molar-refractivity contribution in [2.75, 3.05) is 11.9 Å². The third-order valence-corrected chi connectivity index (χ3v) is 3.28. The number of nitrogens with zero attached hydrogens (tertiary/aromatic N) is 2. The van der Waals surface area contributed by atoms with Crippen LogP contribution in [0, 0.1) is 9.39 Å². The number of hydrogen-bond donors (Lipinski definition) is 1. The summed E-state index contributed by atoms with van der Waals surface area (Å²) in [7, 11) is 1.67. The molecule has 0 aliphatic carbocycles. The van der Waals surface area contributed by atoms with Crippen molar-refractivity contribution in [1.29, 1.82) is 0 Å². The van der Waals surface area contributed by atoms with E-state index >= 15 is 0 Å². The molecule has 0 aliphatic heterocycles. The van der Waals surface area contributed by atoms with Crippen LogP contribution in [0.1, 0.15) is 0 Å². The van der Waals surface area contributed by atoms with E-state index in [9.17, 15) is 9.18 Å². The van der Waals surface area contributed by atoms with Crippen LogP contribution >= 0.6 is 22.6 Å². The summed E-state index contributed by atoms with van der Waals surface area (Å²) >= 11 is 1.89. The van der Waals surface area contributed by atoms with E-state index in [1.807, 2.05) is 22.6 Å². The van der Waals surface area contributed by atoms with Crippen LogP contribution in [0.25, 0.3) is 0 Å². The third-order valence-electron chi connectivity index (χ3n) is 2.31. The third kappa shape index (κ3) is 2.31. The number of aromatic amines is 1. The van der Waals surface area contributed by atoms with Crippen molar-refractivity contribution >= 4 is 34.1 Å². The molecule has 0 fully saturated rings. The summed E-state index contributed by atoms with van der Waals surface area (Å²) in [5.41, 5.74) is 0.141. The minimum atomic E-state index is -0.354. The minimum absolute atomic E-state index is 0.237. The van der Waals surface area contributed by atoms with E-state index in [1.165, 1.54) is 12.4 Å². The van der Waals surface area contributed by atoms with Crippen LogP contribution in [0.3, 0.4) is 0 Å². The van der Waals surface area contributed by atoms with Crippen LogP contribution in [0.4, 0.5) is 15.9 Å². The second-order valence-corrected chi connectivity index (χ2v) is 4.46. The molecule has 2 aromatic rings. The van der Waals surface area contributed by atoms with E-state index in [2.05, 4.69) is 9.97 Å². The van der Waals surface area contributed by atoms with Gasteiger partial charge in [-0.05, 0) is 34.7 Å². The van der Waals surface area contributed by atoms with Crippen molar-refractivity contribution in [3.63, 3.8) is 0 Å². The fourth-order valence-electron chi connectivity index (χ4n) is 1.45. The van der Waals surface area contributed by atoms with Gasteiger partial charge in [-0.25, -0.2) is 9.37 Å². The number of benzene rings is 1. The summed E-state index contributed by atoms with van der Waals surface area (Å²) in [6, 6.07) is 6.35. The Morgan fingerprint density at radius 1 is 1.41 bits per heavy atom. The zero-order chi connectivity index (χ0) is 12.4. The van der Waals surface area contributed by atoms with Crippen LogP contribution in [-0.4, -0.2) is 17.0 Å². The van der Waals surface area contributed by atoms with Gasteiger partial charge >= 0.3 is 0 Å². The number of para-hydroxylation sites is 1. The largest absolute Gasteiger partial charge is 0.326 e. The molecular formula is C11H9FIN3O. The summed E-state index contributed by atoms with van der Waals surface area (Å²) in [6.07, 6.45) is 1.30. The van der Waals surface area contributed by atoms with Gasteiger partial charge in [-0.3, -0.25) is 4.79 Å². The molecule has 1 aromatic carbocycles. The zero-order valence-electron chi connectivity index (χ0n) is 8.95. The fourth-order valence-corrected chi connectivity index (χ4v) is 2.10. The summed E-state index contributed by atoms with van der Waals surface area (Å²) < 4.78 is 14.0. The van der Waals surface area contributed by atoms with Gasteiger partial charge in [0.2, 0.25) is 0 Å². The Hall–Kier alpha value is -1.44. The maximum atomic E-state index is 13.6. The van der Waals surface area contributed by atoms with E-state index in [4.69, 9.17) is 0 Å². The summed E-state index contributed by atoms with van der Waals surface area (Å²) in [5, 5.41) is 0. The zero-order valence-corrected chi connectivity index (χ0v) is 11.1. The average Bonchev–Trinajstić information content (AvgIpc) is 2.32. The maximum absolute atomic E-state index is 13.6.